The van der Waals surface area contributed by atoms with Gasteiger partial charge in [0, 0.05) is 51.3 Å². The lowest BCUT2D eigenvalue weighted by Crippen LogP contribution is -2.47. The molecule has 0 saturated carbocycles. The molecule has 1 N–H and O–H groups in total. The SMILES string of the molecule is Cc1ccc2c(c1)N(C(=O)CCC(=O)NCCCN1CCN(c3ccc(F)cc3)CC1)C[C@H](C)O2. The molecule has 35 heavy (non-hydrogen) atoms. The second-order valence-corrected chi connectivity index (χ2v) is 9.41. The Kier molecular flexibility index (Phi) is 8.23. The lowest BCUT2D eigenvalue weighted by Gasteiger charge is -2.36. The van der Waals surface area contributed by atoms with E-state index in [-0.39, 0.29) is 36.6 Å². The lowest BCUT2D eigenvalue weighted by atomic mass is 10.1. The molecule has 1 fully saturated rings. The van der Waals surface area contributed by atoms with Gasteiger partial charge in [0.15, 0.2) is 0 Å². The molecule has 7 nitrogen and oxygen atoms in total. The summed E-state index contributed by atoms with van der Waals surface area (Å²) in [7, 11) is 0. The van der Waals surface area contributed by atoms with E-state index in [1.165, 1.54) is 12.1 Å². The first-order valence-electron chi connectivity index (χ1n) is 12.5. The smallest absolute Gasteiger partial charge is 0.227 e. The number of carbonyl (C=O) groups excluding carboxylic acids is 2. The number of carbonyl (C=O) groups is 2. The van der Waals surface area contributed by atoms with Crippen molar-refractivity contribution in [2.45, 2.75) is 39.2 Å². The van der Waals surface area contributed by atoms with E-state index in [0.29, 0.717) is 18.8 Å². The number of nitrogens with one attached hydrogen (secondary N) is 1. The number of anilines is 2. The number of hydrogen-bond donors (Lipinski definition) is 1. The van der Waals surface area contributed by atoms with Gasteiger partial charge >= 0.3 is 0 Å². The molecule has 2 amide bonds. The summed E-state index contributed by atoms with van der Waals surface area (Å²) in [6.45, 7) is 9.63. The van der Waals surface area contributed by atoms with E-state index in [2.05, 4.69) is 15.1 Å². The first-order chi connectivity index (χ1) is 16.9. The fourth-order valence-corrected chi connectivity index (χ4v) is 4.64. The monoisotopic (exact) mass is 482 g/mol. The van der Waals surface area contributed by atoms with Crippen LogP contribution in [0.3, 0.4) is 0 Å². The fourth-order valence-electron chi connectivity index (χ4n) is 4.64. The largest absolute Gasteiger partial charge is 0.487 e. The molecule has 2 aromatic carbocycles. The third kappa shape index (κ3) is 6.72. The van der Waals surface area contributed by atoms with Crippen LogP contribution in [0.25, 0.3) is 0 Å². The van der Waals surface area contributed by atoms with Gasteiger partial charge in [-0.05, 0) is 68.8 Å². The second kappa shape index (κ2) is 11.5. The Morgan fingerprint density at radius 1 is 1.06 bits per heavy atom. The number of hydrogen-bond acceptors (Lipinski definition) is 5. The number of rotatable bonds is 8. The van der Waals surface area contributed by atoms with Crippen molar-refractivity contribution >= 4 is 23.2 Å². The van der Waals surface area contributed by atoms with E-state index in [4.69, 9.17) is 4.74 Å². The maximum atomic E-state index is 13.1. The normalized spacial score (nSPS) is 18.1. The van der Waals surface area contributed by atoms with Crippen LogP contribution in [0.2, 0.25) is 0 Å². The summed E-state index contributed by atoms with van der Waals surface area (Å²) < 4.78 is 19.0. The topological polar surface area (TPSA) is 65.1 Å². The Bertz CT molecular complexity index is 1020. The van der Waals surface area contributed by atoms with Crippen molar-refractivity contribution in [1.29, 1.82) is 0 Å². The van der Waals surface area contributed by atoms with Crippen molar-refractivity contribution in [3.8, 4) is 5.75 Å². The average Bonchev–Trinajstić information content (AvgIpc) is 2.86. The highest BCUT2D eigenvalue weighted by molar-refractivity contribution is 5.97. The Morgan fingerprint density at radius 3 is 2.54 bits per heavy atom. The number of halogens is 1. The lowest BCUT2D eigenvalue weighted by molar-refractivity contribution is -0.125. The van der Waals surface area contributed by atoms with Gasteiger partial charge in [-0.15, -0.1) is 0 Å². The van der Waals surface area contributed by atoms with Gasteiger partial charge < -0.3 is 19.9 Å². The fraction of sp³-hybridized carbons (Fsp3) is 0.481. The minimum atomic E-state index is -0.213. The third-order valence-electron chi connectivity index (χ3n) is 6.58. The molecule has 188 valence electrons. The molecule has 2 aliphatic rings. The molecular formula is C27H35FN4O3. The number of piperazine rings is 1. The van der Waals surface area contributed by atoms with Crippen molar-refractivity contribution < 1.29 is 18.7 Å². The van der Waals surface area contributed by atoms with Crippen molar-refractivity contribution in [2.75, 3.05) is 55.6 Å². The van der Waals surface area contributed by atoms with Crippen LogP contribution in [0.1, 0.15) is 31.7 Å². The summed E-state index contributed by atoms with van der Waals surface area (Å²) in [5.74, 6) is 0.354. The minimum Gasteiger partial charge on any atom is -0.487 e. The molecule has 2 heterocycles. The molecule has 1 atom stereocenters. The molecule has 0 radical (unpaired) electrons. The Hall–Kier alpha value is -3.13. The molecule has 0 unspecified atom stereocenters. The average molecular weight is 483 g/mol. The van der Waals surface area contributed by atoms with Crippen LogP contribution in [0.4, 0.5) is 15.8 Å². The molecule has 4 rings (SSSR count). The highest BCUT2D eigenvalue weighted by atomic mass is 19.1. The van der Waals surface area contributed by atoms with Crippen LogP contribution in [-0.4, -0.2) is 68.6 Å². The summed E-state index contributed by atoms with van der Waals surface area (Å²) in [4.78, 5) is 31.6. The summed E-state index contributed by atoms with van der Waals surface area (Å²) in [6, 6.07) is 12.5. The van der Waals surface area contributed by atoms with E-state index >= 15 is 0 Å². The number of benzene rings is 2. The van der Waals surface area contributed by atoms with Crippen LogP contribution in [0.15, 0.2) is 42.5 Å². The van der Waals surface area contributed by atoms with Crippen molar-refractivity contribution in [1.82, 2.24) is 10.2 Å². The van der Waals surface area contributed by atoms with E-state index in [1.54, 1.807) is 4.90 Å². The number of fused-ring (bicyclic) bond motifs is 1. The first-order valence-corrected chi connectivity index (χ1v) is 12.5. The van der Waals surface area contributed by atoms with E-state index in [9.17, 15) is 14.0 Å². The number of amides is 2. The number of aryl methyl sites for hydroxylation is 1. The van der Waals surface area contributed by atoms with Crippen molar-refractivity contribution in [2.24, 2.45) is 0 Å². The first kappa shape index (κ1) is 25.0. The van der Waals surface area contributed by atoms with Gasteiger partial charge in [-0.1, -0.05) is 6.07 Å². The summed E-state index contributed by atoms with van der Waals surface area (Å²) in [5, 5.41) is 2.95. The van der Waals surface area contributed by atoms with Gasteiger partial charge in [0.05, 0.1) is 12.2 Å². The molecular weight excluding hydrogens is 447 g/mol. The van der Waals surface area contributed by atoms with Gasteiger partial charge in [-0.25, -0.2) is 4.39 Å². The van der Waals surface area contributed by atoms with Crippen LogP contribution < -0.4 is 19.9 Å². The van der Waals surface area contributed by atoms with E-state index in [0.717, 1.165) is 56.1 Å². The predicted octanol–water partition coefficient (Wildman–Crippen LogP) is 3.36. The highest BCUT2D eigenvalue weighted by Gasteiger charge is 2.27. The van der Waals surface area contributed by atoms with Gasteiger partial charge in [0.2, 0.25) is 11.8 Å². The van der Waals surface area contributed by atoms with Crippen molar-refractivity contribution in [3.05, 3.63) is 53.8 Å². The van der Waals surface area contributed by atoms with Crippen LogP contribution in [-0.2, 0) is 9.59 Å². The zero-order valence-corrected chi connectivity index (χ0v) is 20.6. The van der Waals surface area contributed by atoms with Crippen LogP contribution >= 0.6 is 0 Å². The van der Waals surface area contributed by atoms with E-state index in [1.807, 2.05) is 44.2 Å². The van der Waals surface area contributed by atoms with Crippen LogP contribution in [0, 0.1) is 12.7 Å². The minimum absolute atomic E-state index is 0.0545. The maximum Gasteiger partial charge on any atom is 0.227 e. The third-order valence-corrected chi connectivity index (χ3v) is 6.58. The van der Waals surface area contributed by atoms with Gasteiger partial charge in [-0.2, -0.15) is 0 Å². The Labute approximate surface area is 206 Å². The van der Waals surface area contributed by atoms with E-state index < -0.39 is 0 Å². The Balaban J connectivity index is 1.13. The van der Waals surface area contributed by atoms with Gasteiger partial charge in [0.1, 0.15) is 17.7 Å². The molecule has 0 bridgehead atoms. The molecule has 2 aromatic rings. The zero-order chi connectivity index (χ0) is 24.8. The maximum absolute atomic E-state index is 13.1. The molecule has 8 heteroatoms. The number of ether oxygens (including phenoxy) is 1. The quantitative estimate of drug-likeness (QED) is 0.585. The molecule has 0 aromatic heterocycles. The summed E-state index contributed by atoms with van der Waals surface area (Å²) >= 11 is 0. The Morgan fingerprint density at radius 2 is 1.80 bits per heavy atom. The van der Waals surface area contributed by atoms with Crippen molar-refractivity contribution in [3.63, 3.8) is 0 Å². The predicted molar refractivity (Wildman–Crippen MR) is 136 cm³/mol. The number of nitrogens with zero attached hydrogens (tertiary/aromatic N) is 3. The molecule has 1 saturated heterocycles. The highest BCUT2D eigenvalue weighted by Crippen LogP contribution is 2.34. The summed E-state index contributed by atoms with van der Waals surface area (Å²) in [5.41, 5.74) is 2.90. The van der Waals surface area contributed by atoms with Gasteiger partial charge in [-0.3, -0.25) is 14.5 Å². The molecule has 2 aliphatic heterocycles. The second-order valence-electron chi connectivity index (χ2n) is 9.41. The molecule has 0 aliphatic carbocycles. The standard InChI is InChI=1S/C27H35FN4O3/c1-20-4-9-25-24(18-20)32(19-21(2)35-25)27(34)11-10-26(33)29-12-3-13-30-14-16-31(17-15-30)23-7-5-22(28)6-8-23/h4-9,18,21H,3,10-17,19H2,1-2H3,(H,29,33)/t21-/m0/s1. The van der Waals surface area contributed by atoms with Gasteiger partial charge in [0.25, 0.3) is 0 Å². The molecule has 0 spiro atoms. The van der Waals surface area contributed by atoms with Crippen LogP contribution in [0.5, 0.6) is 5.75 Å². The summed E-state index contributed by atoms with van der Waals surface area (Å²) in [6.07, 6.45) is 1.14. The zero-order valence-electron chi connectivity index (χ0n) is 20.6.